The van der Waals surface area contributed by atoms with Gasteiger partial charge in [-0.15, -0.1) is 11.8 Å². The molecular formula is C31H32N4O4S. The van der Waals surface area contributed by atoms with E-state index in [1.165, 1.54) is 0 Å². The van der Waals surface area contributed by atoms with Gasteiger partial charge < -0.3 is 14.8 Å². The lowest BCUT2D eigenvalue weighted by atomic mass is 9.98. The third kappa shape index (κ3) is 5.76. The van der Waals surface area contributed by atoms with E-state index in [0.29, 0.717) is 24.7 Å². The van der Waals surface area contributed by atoms with Crippen molar-refractivity contribution in [1.82, 2.24) is 15.1 Å². The van der Waals surface area contributed by atoms with E-state index in [0.717, 1.165) is 33.6 Å². The van der Waals surface area contributed by atoms with Crippen molar-refractivity contribution in [3.63, 3.8) is 0 Å². The van der Waals surface area contributed by atoms with Gasteiger partial charge in [-0.25, -0.2) is 4.68 Å². The van der Waals surface area contributed by atoms with Gasteiger partial charge in [0, 0.05) is 24.8 Å². The van der Waals surface area contributed by atoms with E-state index in [-0.39, 0.29) is 29.4 Å². The average Bonchev–Trinajstić information content (AvgIpc) is 3.30. The molecule has 8 nitrogen and oxygen atoms in total. The number of hydrogen-bond donors (Lipinski definition) is 1. The Kier molecular flexibility index (Phi) is 8.52. The molecule has 1 aliphatic rings. The van der Waals surface area contributed by atoms with Crippen LogP contribution in [0.3, 0.4) is 0 Å². The van der Waals surface area contributed by atoms with Crippen molar-refractivity contribution in [3.05, 3.63) is 95.6 Å². The number of aromatic nitrogens is 2. The van der Waals surface area contributed by atoms with E-state index >= 15 is 0 Å². The van der Waals surface area contributed by atoms with Gasteiger partial charge in [0.1, 0.15) is 18.1 Å². The van der Waals surface area contributed by atoms with Crippen LogP contribution in [0, 0.1) is 6.92 Å². The van der Waals surface area contributed by atoms with Crippen molar-refractivity contribution in [3.8, 4) is 22.7 Å². The topological polar surface area (TPSA) is 85.7 Å². The molecule has 0 bridgehead atoms. The minimum Gasteiger partial charge on any atom is -0.497 e. The van der Waals surface area contributed by atoms with Gasteiger partial charge in [-0.1, -0.05) is 60.2 Å². The predicted octanol–water partition coefficient (Wildman–Crippen LogP) is 4.79. The summed E-state index contributed by atoms with van der Waals surface area (Å²) in [5.74, 6) is 1.10. The first-order chi connectivity index (χ1) is 19.5. The molecule has 206 valence electrons. The van der Waals surface area contributed by atoms with Gasteiger partial charge >= 0.3 is 0 Å². The van der Waals surface area contributed by atoms with E-state index in [4.69, 9.17) is 14.6 Å². The molecular weight excluding hydrogens is 524 g/mol. The molecule has 1 aliphatic heterocycles. The number of ether oxygens (including phenoxy) is 2. The quantitative estimate of drug-likeness (QED) is 0.299. The Morgan fingerprint density at radius 1 is 1.05 bits per heavy atom. The third-order valence-electron chi connectivity index (χ3n) is 6.73. The maximum Gasteiger partial charge on any atom is 0.240 e. The molecule has 3 aromatic carbocycles. The highest BCUT2D eigenvalue weighted by Crippen LogP contribution is 2.48. The van der Waals surface area contributed by atoms with E-state index in [2.05, 4.69) is 30.4 Å². The fourth-order valence-electron chi connectivity index (χ4n) is 4.82. The maximum atomic E-state index is 13.8. The zero-order valence-corrected chi connectivity index (χ0v) is 23.6. The summed E-state index contributed by atoms with van der Waals surface area (Å²) >= 11 is 1.56. The molecule has 2 amide bonds. The Labute approximate surface area is 238 Å². The van der Waals surface area contributed by atoms with Crippen LogP contribution < -0.4 is 15.0 Å². The van der Waals surface area contributed by atoms with Crippen molar-refractivity contribution < 1.29 is 19.1 Å². The second kappa shape index (κ2) is 12.4. The van der Waals surface area contributed by atoms with Gasteiger partial charge in [0.25, 0.3) is 0 Å². The fraction of sp³-hybridized carbons (Fsp3) is 0.258. The Bertz CT molecular complexity index is 1490. The molecule has 9 heteroatoms. The minimum absolute atomic E-state index is 0.132. The molecule has 1 unspecified atom stereocenters. The summed E-state index contributed by atoms with van der Waals surface area (Å²) < 4.78 is 12.2. The molecule has 0 fully saturated rings. The van der Waals surface area contributed by atoms with E-state index in [1.54, 1.807) is 35.6 Å². The van der Waals surface area contributed by atoms with Gasteiger partial charge in [0.05, 0.1) is 36.1 Å². The molecule has 4 aromatic rings. The van der Waals surface area contributed by atoms with Crippen LogP contribution >= 0.6 is 11.8 Å². The number of nitrogens with zero attached hydrogens (tertiary/aromatic N) is 3. The lowest BCUT2D eigenvalue weighted by Crippen LogP contribution is -2.43. The van der Waals surface area contributed by atoms with E-state index < -0.39 is 0 Å². The highest BCUT2D eigenvalue weighted by Gasteiger charge is 2.37. The normalized spacial score (nSPS) is 14.9. The Hall–Kier alpha value is -4.08. The highest BCUT2D eigenvalue weighted by molar-refractivity contribution is 8.00. The van der Waals surface area contributed by atoms with Crippen LogP contribution in [0.25, 0.3) is 16.9 Å². The summed E-state index contributed by atoms with van der Waals surface area (Å²) in [6.07, 6.45) is 0. The number of thioether (sulfide) groups is 1. The molecule has 0 radical (unpaired) electrons. The number of benzene rings is 3. The third-order valence-corrected chi connectivity index (χ3v) is 7.98. The first-order valence-corrected chi connectivity index (χ1v) is 14.1. The Balaban J connectivity index is 1.74. The smallest absolute Gasteiger partial charge is 0.240 e. The number of hydrogen-bond acceptors (Lipinski definition) is 6. The molecule has 40 heavy (non-hydrogen) atoms. The summed E-state index contributed by atoms with van der Waals surface area (Å²) in [4.78, 5) is 28.4. The van der Waals surface area contributed by atoms with Crippen LogP contribution in [-0.2, 0) is 14.3 Å². The standard InChI is InChI=1S/C31H32N4O4S/c1-21-8-7-11-23(18-21)30-28-29(22-9-5-4-6-10-22)33-35(24-12-14-25(39-3)15-13-24)31(28)34(27(37)20-40-30)19-26(36)32-16-17-38-2/h4-15,18,30H,16-17,19-20H2,1-3H3,(H,32,36). The average molecular weight is 557 g/mol. The van der Waals surface area contributed by atoms with Crippen molar-refractivity contribution in [2.75, 3.05) is 44.6 Å². The Morgan fingerprint density at radius 3 is 2.52 bits per heavy atom. The summed E-state index contributed by atoms with van der Waals surface area (Å²) in [6.45, 7) is 2.68. The molecule has 1 N–H and O–H groups in total. The van der Waals surface area contributed by atoms with Crippen molar-refractivity contribution in [2.45, 2.75) is 12.2 Å². The van der Waals surface area contributed by atoms with Gasteiger partial charge in [0.2, 0.25) is 11.8 Å². The number of nitrogens with one attached hydrogen (secondary N) is 1. The number of amides is 2. The van der Waals surface area contributed by atoms with Crippen LogP contribution in [0.4, 0.5) is 5.82 Å². The van der Waals surface area contributed by atoms with Gasteiger partial charge in [-0.05, 0) is 36.8 Å². The minimum atomic E-state index is -0.265. The molecule has 0 spiro atoms. The first-order valence-electron chi connectivity index (χ1n) is 13.1. The zero-order chi connectivity index (χ0) is 28.1. The van der Waals surface area contributed by atoms with Crippen LogP contribution in [0.2, 0.25) is 0 Å². The van der Waals surface area contributed by atoms with Crippen molar-refractivity contribution >= 4 is 29.4 Å². The number of methoxy groups -OCH3 is 2. The largest absolute Gasteiger partial charge is 0.497 e. The SMILES string of the molecule is COCCNC(=O)CN1C(=O)CSC(c2cccc(C)c2)c2c(-c3ccccc3)nn(-c3ccc(OC)cc3)c21. The number of carbonyl (C=O) groups excluding carboxylic acids is 2. The van der Waals surface area contributed by atoms with Gasteiger partial charge in [-0.3, -0.25) is 14.5 Å². The summed E-state index contributed by atoms with van der Waals surface area (Å²) in [5, 5.41) is 7.79. The molecule has 5 rings (SSSR count). The molecule has 0 saturated carbocycles. The molecule has 2 heterocycles. The number of carbonyl (C=O) groups is 2. The number of aryl methyl sites for hydroxylation is 1. The van der Waals surface area contributed by atoms with Crippen LogP contribution in [0.5, 0.6) is 5.75 Å². The number of anilines is 1. The lowest BCUT2D eigenvalue weighted by Gasteiger charge is -2.23. The summed E-state index contributed by atoms with van der Waals surface area (Å²) in [6, 6.07) is 25.8. The monoisotopic (exact) mass is 556 g/mol. The highest BCUT2D eigenvalue weighted by atomic mass is 32.2. The fourth-order valence-corrected chi connectivity index (χ4v) is 6.01. The first kappa shape index (κ1) is 27.5. The second-order valence-corrected chi connectivity index (χ2v) is 10.6. The van der Waals surface area contributed by atoms with Crippen LogP contribution in [-0.4, -0.2) is 61.3 Å². The maximum absolute atomic E-state index is 13.8. The number of rotatable bonds is 9. The van der Waals surface area contributed by atoms with Gasteiger partial charge in [0.15, 0.2) is 0 Å². The zero-order valence-electron chi connectivity index (χ0n) is 22.8. The Morgan fingerprint density at radius 2 is 1.82 bits per heavy atom. The lowest BCUT2D eigenvalue weighted by molar-refractivity contribution is -0.123. The van der Waals surface area contributed by atoms with Crippen LogP contribution in [0.1, 0.15) is 21.9 Å². The summed E-state index contributed by atoms with van der Waals surface area (Å²) in [5.41, 5.74) is 5.57. The predicted molar refractivity (Wildman–Crippen MR) is 158 cm³/mol. The summed E-state index contributed by atoms with van der Waals surface area (Å²) in [7, 11) is 3.20. The van der Waals surface area contributed by atoms with Gasteiger partial charge in [-0.2, -0.15) is 5.10 Å². The molecule has 0 aliphatic carbocycles. The molecule has 1 aromatic heterocycles. The van der Waals surface area contributed by atoms with E-state index in [1.807, 2.05) is 60.7 Å². The van der Waals surface area contributed by atoms with Crippen molar-refractivity contribution in [1.29, 1.82) is 0 Å². The second-order valence-electron chi connectivity index (χ2n) is 9.49. The van der Waals surface area contributed by atoms with Crippen molar-refractivity contribution in [2.24, 2.45) is 0 Å². The van der Waals surface area contributed by atoms with E-state index in [9.17, 15) is 9.59 Å². The number of fused-ring (bicyclic) bond motifs is 1. The van der Waals surface area contributed by atoms with Crippen LogP contribution in [0.15, 0.2) is 78.9 Å². The molecule has 0 saturated heterocycles. The molecule has 1 atom stereocenters.